The van der Waals surface area contributed by atoms with Crippen molar-refractivity contribution >= 4 is 23.6 Å². The van der Waals surface area contributed by atoms with Gasteiger partial charge in [-0.2, -0.15) is 0 Å². The maximum atomic E-state index is 10.8. The van der Waals surface area contributed by atoms with Gasteiger partial charge in [0.1, 0.15) is 5.75 Å². The molecule has 4 aromatic carbocycles. The predicted molar refractivity (Wildman–Crippen MR) is 173 cm³/mol. The van der Waals surface area contributed by atoms with Gasteiger partial charge in [-0.15, -0.1) is 0 Å². The number of rotatable bonds is 7. The van der Waals surface area contributed by atoms with Gasteiger partial charge in [-0.3, -0.25) is 4.99 Å². The van der Waals surface area contributed by atoms with E-state index in [0.29, 0.717) is 11.7 Å². The molecule has 2 heteroatoms. The van der Waals surface area contributed by atoms with Crippen LogP contribution in [-0.2, 0) is 18.3 Å². The summed E-state index contributed by atoms with van der Waals surface area (Å²) in [5.74, 6) is 0.654. The van der Waals surface area contributed by atoms with E-state index in [-0.39, 0.29) is 10.8 Å². The Kier molecular flexibility index (Phi) is 7.03. The smallest absolute Gasteiger partial charge is 0.128 e. The molecular weight excluding hydrogens is 498 g/mol. The van der Waals surface area contributed by atoms with Crippen LogP contribution in [-0.4, -0.2) is 11.3 Å². The molecule has 0 saturated heterocycles. The number of hydrogen-bond acceptors (Lipinski definition) is 2. The summed E-state index contributed by atoms with van der Waals surface area (Å²) in [6.07, 6.45) is 12.0. The summed E-state index contributed by atoms with van der Waals surface area (Å²) in [6, 6.07) is 32.2. The first-order valence-electron chi connectivity index (χ1n) is 14.8. The number of aryl methyl sites for hydroxylation is 1. The van der Waals surface area contributed by atoms with Gasteiger partial charge in [0.25, 0.3) is 0 Å². The van der Waals surface area contributed by atoms with E-state index in [1.54, 1.807) is 6.21 Å². The van der Waals surface area contributed by atoms with Gasteiger partial charge in [0.15, 0.2) is 0 Å². The highest BCUT2D eigenvalue weighted by molar-refractivity contribution is 5.86. The predicted octanol–water partition coefficient (Wildman–Crippen LogP) is 9.83. The Hall–Kier alpha value is -4.17. The second kappa shape index (κ2) is 10.7. The van der Waals surface area contributed by atoms with E-state index >= 15 is 0 Å². The molecule has 0 aliphatic heterocycles. The second-order valence-corrected chi connectivity index (χ2v) is 12.8. The zero-order valence-corrected chi connectivity index (χ0v) is 24.6. The third kappa shape index (κ3) is 5.20. The van der Waals surface area contributed by atoms with Crippen LogP contribution in [0.4, 0.5) is 5.69 Å². The van der Waals surface area contributed by atoms with Crippen molar-refractivity contribution in [2.45, 2.75) is 58.3 Å². The largest absolute Gasteiger partial charge is 0.507 e. The van der Waals surface area contributed by atoms with Crippen LogP contribution in [0.3, 0.4) is 0 Å². The number of aromatic hydroxyl groups is 1. The quantitative estimate of drug-likeness (QED) is 0.234. The van der Waals surface area contributed by atoms with Gasteiger partial charge >= 0.3 is 0 Å². The molecule has 206 valence electrons. The maximum Gasteiger partial charge on any atom is 0.128 e. The van der Waals surface area contributed by atoms with Gasteiger partial charge in [-0.1, -0.05) is 119 Å². The molecule has 2 nitrogen and oxygen atoms in total. The van der Waals surface area contributed by atoms with Crippen molar-refractivity contribution in [3.63, 3.8) is 0 Å². The molecule has 0 amide bonds. The number of nitrogens with zero attached hydrogens (tertiary/aromatic N) is 1. The number of phenols is 1. The van der Waals surface area contributed by atoms with Crippen LogP contribution in [0.5, 0.6) is 5.75 Å². The monoisotopic (exact) mass is 537 g/mol. The van der Waals surface area contributed by atoms with Crippen LogP contribution < -0.4 is 0 Å². The molecule has 0 bridgehead atoms. The van der Waals surface area contributed by atoms with Gasteiger partial charge in [-0.25, -0.2) is 0 Å². The number of benzene rings is 4. The third-order valence-electron chi connectivity index (χ3n) is 9.03. The lowest BCUT2D eigenvalue weighted by Crippen LogP contribution is -2.26. The minimum atomic E-state index is -0.128. The summed E-state index contributed by atoms with van der Waals surface area (Å²) >= 11 is 0. The Morgan fingerprint density at radius 1 is 0.854 bits per heavy atom. The van der Waals surface area contributed by atoms with Gasteiger partial charge in [0, 0.05) is 23.1 Å². The lowest BCUT2D eigenvalue weighted by atomic mass is 9.65. The fraction of sp³-hybridized carbons (Fsp3) is 0.256. The molecule has 0 aromatic heterocycles. The lowest BCUT2D eigenvalue weighted by Gasteiger charge is -2.38. The fourth-order valence-electron chi connectivity index (χ4n) is 6.65. The minimum absolute atomic E-state index is 0.0257. The van der Waals surface area contributed by atoms with Crippen molar-refractivity contribution in [3.05, 3.63) is 142 Å². The highest BCUT2D eigenvalue weighted by Gasteiger charge is 2.41. The molecule has 2 aliphatic carbocycles. The molecule has 0 radical (unpaired) electrons. The normalized spacial score (nSPS) is 17.4. The van der Waals surface area contributed by atoms with Crippen LogP contribution in [0, 0.1) is 5.41 Å². The van der Waals surface area contributed by atoms with Crippen molar-refractivity contribution in [2.75, 3.05) is 0 Å². The van der Waals surface area contributed by atoms with Crippen LogP contribution in [0.25, 0.3) is 11.6 Å². The highest BCUT2D eigenvalue weighted by atomic mass is 16.3. The Labute approximate surface area is 244 Å². The van der Waals surface area contributed by atoms with E-state index in [2.05, 4.69) is 124 Å². The molecule has 2 aliphatic rings. The number of allylic oxidation sites excluding steroid dienone is 3. The van der Waals surface area contributed by atoms with Crippen LogP contribution >= 0.6 is 0 Å². The topological polar surface area (TPSA) is 32.6 Å². The number of hydrogen-bond donors (Lipinski definition) is 1. The standard InChI is InChI=1S/C39H39NO/c1-38(2,3)36-15-9-12-30(37(36)41)26-40-31-20-16-27(17-21-31)24-25-39(4,34-22-18-28-10-5-7-13-32(28)34)35-23-19-29-11-6-8-14-33(29)35/h5-18,20-23,26,34,41H,19,24-25H2,1-4H3. The highest BCUT2D eigenvalue weighted by Crippen LogP contribution is 2.55. The molecule has 1 N–H and O–H groups in total. The molecule has 6 rings (SSSR count). The van der Waals surface area contributed by atoms with Crippen LogP contribution in [0.2, 0.25) is 0 Å². The van der Waals surface area contributed by atoms with Gasteiger partial charge in [-0.05, 0) is 81.8 Å². The van der Waals surface area contributed by atoms with E-state index in [0.717, 1.165) is 36.1 Å². The van der Waals surface area contributed by atoms with Gasteiger partial charge in [0.2, 0.25) is 0 Å². The average Bonchev–Trinajstić information content (AvgIpc) is 3.61. The second-order valence-electron chi connectivity index (χ2n) is 12.8. The first-order valence-corrected chi connectivity index (χ1v) is 14.8. The Morgan fingerprint density at radius 2 is 1.61 bits per heavy atom. The van der Waals surface area contributed by atoms with Crippen molar-refractivity contribution in [1.29, 1.82) is 0 Å². The summed E-state index contributed by atoms with van der Waals surface area (Å²) in [6.45, 7) is 8.79. The number of phenolic OH excluding ortho intramolecular Hbond substituents is 1. The van der Waals surface area contributed by atoms with Gasteiger partial charge < -0.3 is 5.11 Å². The number of fused-ring (bicyclic) bond motifs is 2. The summed E-state index contributed by atoms with van der Waals surface area (Å²) in [7, 11) is 0. The molecule has 2 unspecified atom stereocenters. The van der Waals surface area contributed by atoms with Crippen molar-refractivity contribution in [3.8, 4) is 5.75 Å². The minimum Gasteiger partial charge on any atom is -0.507 e. The zero-order valence-electron chi connectivity index (χ0n) is 24.6. The lowest BCUT2D eigenvalue weighted by molar-refractivity contribution is 0.370. The summed E-state index contributed by atoms with van der Waals surface area (Å²) in [5.41, 5.74) is 10.8. The summed E-state index contributed by atoms with van der Waals surface area (Å²) in [5, 5.41) is 10.8. The average molecular weight is 538 g/mol. The first kappa shape index (κ1) is 27.0. The molecular formula is C39H39NO. The maximum absolute atomic E-state index is 10.8. The summed E-state index contributed by atoms with van der Waals surface area (Å²) in [4.78, 5) is 4.68. The van der Waals surface area contributed by atoms with Crippen molar-refractivity contribution < 1.29 is 5.11 Å². The zero-order chi connectivity index (χ0) is 28.6. The molecule has 0 fully saturated rings. The van der Waals surface area contributed by atoms with Crippen molar-refractivity contribution in [1.82, 2.24) is 0 Å². The fourth-order valence-corrected chi connectivity index (χ4v) is 6.65. The summed E-state index contributed by atoms with van der Waals surface area (Å²) < 4.78 is 0. The molecule has 41 heavy (non-hydrogen) atoms. The van der Waals surface area contributed by atoms with E-state index in [4.69, 9.17) is 0 Å². The van der Waals surface area contributed by atoms with E-state index < -0.39 is 0 Å². The molecule has 4 aromatic rings. The first-order chi connectivity index (χ1) is 19.7. The van der Waals surface area contributed by atoms with Gasteiger partial charge in [0.05, 0.1) is 5.69 Å². The molecule has 2 atom stereocenters. The van der Waals surface area contributed by atoms with Crippen molar-refractivity contribution in [2.24, 2.45) is 10.4 Å². The van der Waals surface area contributed by atoms with Crippen LogP contribution in [0.1, 0.15) is 79.0 Å². The third-order valence-corrected chi connectivity index (χ3v) is 9.03. The molecule has 0 heterocycles. The number of para-hydroxylation sites is 1. The Morgan fingerprint density at radius 3 is 2.41 bits per heavy atom. The molecule has 0 saturated carbocycles. The Bertz CT molecular complexity index is 1660. The Balaban J connectivity index is 1.23. The van der Waals surface area contributed by atoms with E-state index in [1.807, 2.05) is 18.2 Å². The van der Waals surface area contributed by atoms with Crippen LogP contribution in [0.15, 0.2) is 108 Å². The molecule has 0 spiro atoms. The van der Waals surface area contributed by atoms with E-state index in [9.17, 15) is 5.11 Å². The number of aliphatic imine (C=N–C) groups is 1. The SMILES string of the molecule is CC(C)(C)c1cccc(C=Nc2ccc(CCC(C)(C3=CCc4ccccc43)C3C=Cc4ccccc43)cc2)c1O. The van der Waals surface area contributed by atoms with E-state index in [1.165, 1.54) is 33.4 Å².